The Morgan fingerprint density at radius 1 is 1.78 bits per heavy atom. The first-order valence-electron chi connectivity index (χ1n) is 2.91. The zero-order chi connectivity index (χ0) is 6.85. The monoisotopic (exact) mass is 126 g/mol. The minimum Gasteiger partial charge on any atom is -0.361 e. The Morgan fingerprint density at radius 3 is 2.89 bits per heavy atom. The van der Waals surface area contributed by atoms with Gasteiger partial charge in [-0.2, -0.15) is 0 Å². The van der Waals surface area contributed by atoms with Crippen molar-refractivity contribution in [1.29, 1.82) is 0 Å². The van der Waals surface area contributed by atoms with E-state index in [9.17, 15) is 4.79 Å². The normalized spacial score (nSPS) is 26.2. The predicted molar refractivity (Wildman–Crippen MR) is 34.5 cm³/mol. The fourth-order valence-corrected chi connectivity index (χ4v) is 0.670. The van der Waals surface area contributed by atoms with Crippen LogP contribution in [0.3, 0.4) is 0 Å². The summed E-state index contributed by atoms with van der Waals surface area (Å²) in [7, 11) is 1.92. The van der Waals surface area contributed by atoms with E-state index in [1.165, 1.54) is 6.08 Å². The highest BCUT2D eigenvalue weighted by Crippen LogP contribution is 1.97. The summed E-state index contributed by atoms with van der Waals surface area (Å²) in [5.41, 5.74) is 0. The van der Waals surface area contributed by atoms with Crippen LogP contribution in [0.1, 0.15) is 6.92 Å². The molecule has 1 atom stereocenters. The summed E-state index contributed by atoms with van der Waals surface area (Å²) < 4.78 is 0. The SMILES string of the molecule is C[C@@H]1NC(=O)C=CN1C. The van der Waals surface area contributed by atoms with Gasteiger partial charge >= 0.3 is 0 Å². The molecule has 0 saturated carbocycles. The van der Waals surface area contributed by atoms with E-state index >= 15 is 0 Å². The van der Waals surface area contributed by atoms with Crippen molar-refractivity contribution in [2.45, 2.75) is 13.1 Å². The predicted octanol–water partition coefficient (Wildman–Crippen LogP) is -0.0923. The lowest BCUT2D eigenvalue weighted by atomic mass is 10.4. The number of carbonyl (C=O) groups excluding carboxylic acids is 1. The van der Waals surface area contributed by atoms with Gasteiger partial charge in [0.05, 0.1) is 6.17 Å². The molecule has 0 saturated heterocycles. The Morgan fingerprint density at radius 2 is 2.44 bits per heavy atom. The molecule has 50 valence electrons. The van der Waals surface area contributed by atoms with E-state index < -0.39 is 0 Å². The molecule has 1 N–H and O–H groups in total. The number of rotatable bonds is 0. The van der Waals surface area contributed by atoms with E-state index in [-0.39, 0.29) is 12.1 Å². The summed E-state index contributed by atoms with van der Waals surface area (Å²) >= 11 is 0. The third-order valence-corrected chi connectivity index (χ3v) is 1.42. The van der Waals surface area contributed by atoms with Crippen molar-refractivity contribution in [2.24, 2.45) is 0 Å². The third kappa shape index (κ3) is 1.22. The molecule has 0 spiro atoms. The lowest BCUT2D eigenvalue weighted by Crippen LogP contribution is -2.44. The second kappa shape index (κ2) is 2.09. The van der Waals surface area contributed by atoms with E-state index in [4.69, 9.17) is 0 Å². The number of hydrogen-bond acceptors (Lipinski definition) is 2. The maximum Gasteiger partial charge on any atom is 0.247 e. The highest BCUT2D eigenvalue weighted by molar-refractivity contribution is 5.88. The molecule has 0 fully saturated rings. The minimum atomic E-state index is -0.0133. The van der Waals surface area contributed by atoms with Gasteiger partial charge in [0.15, 0.2) is 0 Å². The van der Waals surface area contributed by atoms with Gasteiger partial charge in [0, 0.05) is 19.3 Å². The molecule has 0 bridgehead atoms. The summed E-state index contributed by atoms with van der Waals surface area (Å²) in [4.78, 5) is 12.5. The first kappa shape index (κ1) is 6.13. The molecular weight excluding hydrogens is 116 g/mol. The summed E-state index contributed by atoms with van der Waals surface area (Å²) in [6, 6.07) is 0. The second-order valence-electron chi connectivity index (χ2n) is 2.17. The van der Waals surface area contributed by atoms with Gasteiger partial charge < -0.3 is 10.2 Å². The van der Waals surface area contributed by atoms with Gasteiger partial charge in [-0.3, -0.25) is 4.79 Å². The van der Waals surface area contributed by atoms with Crippen LogP contribution in [-0.4, -0.2) is 24.0 Å². The minimum absolute atomic E-state index is 0.0133. The quantitative estimate of drug-likeness (QED) is 0.492. The molecule has 0 aliphatic carbocycles. The molecule has 1 amide bonds. The van der Waals surface area contributed by atoms with Gasteiger partial charge in [-0.25, -0.2) is 0 Å². The van der Waals surface area contributed by atoms with Crippen LogP contribution in [0, 0.1) is 0 Å². The maximum atomic E-state index is 10.6. The van der Waals surface area contributed by atoms with Crippen LogP contribution in [0.25, 0.3) is 0 Å². The van der Waals surface area contributed by atoms with E-state index in [1.54, 1.807) is 6.20 Å². The number of nitrogens with one attached hydrogen (secondary N) is 1. The van der Waals surface area contributed by atoms with Gasteiger partial charge in [0.1, 0.15) is 0 Å². The van der Waals surface area contributed by atoms with Crippen LogP contribution in [0.4, 0.5) is 0 Å². The standard InChI is InChI=1S/C6H10N2O/c1-5-7-6(9)3-4-8(5)2/h3-5H,1-2H3,(H,7,9)/t5-/m1/s1. The highest BCUT2D eigenvalue weighted by atomic mass is 16.1. The molecule has 9 heavy (non-hydrogen) atoms. The number of nitrogens with zero attached hydrogens (tertiary/aromatic N) is 1. The first-order valence-corrected chi connectivity index (χ1v) is 2.91. The lowest BCUT2D eigenvalue weighted by Gasteiger charge is -2.26. The van der Waals surface area contributed by atoms with Crippen molar-refractivity contribution >= 4 is 5.91 Å². The molecule has 0 aromatic carbocycles. The van der Waals surface area contributed by atoms with Gasteiger partial charge in [-0.05, 0) is 6.92 Å². The topological polar surface area (TPSA) is 32.3 Å². The van der Waals surface area contributed by atoms with Crippen LogP contribution in [0.2, 0.25) is 0 Å². The van der Waals surface area contributed by atoms with Crippen molar-refractivity contribution in [2.75, 3.05) is 7.05 Å². The van der Waals surface area contributed by atoms with Crippen molar-refractivity contribution in [1.82, 2.24) is 10.2 Å². The number of amides is 1. The average Bonchev–Trinajstić information content (AvgIpc) is 1.80. The maximum absolute atomic E-state index is 10.6. The number of hydrogen-bond donors (Lipinski definition) is 1. The second-order valence-corrected chi connectivity index (χ2v) is 2.17. The molecule has 1 aliphatic rings. The first-order chi connectivity index (χ1) is 4.20. The van der Waals surface area contributed by atoms with Crippen molar-refractivity contribution in [3.8, 4) is 0 Å². The molecule has 1 rings (SSSR count). The molecular formula is C6H10N2O. The lowest BCUT2D eigenvalue weighted by molar-refractivity contribution is -0.118. The smallest absolute Gasteiger partial charge is 0.247 e. The van der Waals surface area contributed by atoms with E-state index in [2.05, 4.69) is 5.32 Å². The van der Waals surface area contributed by atoms with Gasteiger partial charge in [-0.1, -0.05) is 0 Å². The van der Waals surface area contributed by atoms with Crippen molar-refractivity contribution in [3.05, 3.63) is 12.3 Å². The number of carbonyl (C=O) groups is 1. The van der Waals surface area contributed by atoms with Crippen LogP contribution in [-0.2, 0) is 4.79 Å². The zero-order valence-electron chi connectivity index (χ0n) is 5.59. The molecule has 3 nitrogen and oxygen atoms in total. The molecule has 1 heterocycles. The van der Waals surface area contributed by atoms with E-state index in [1.807, 2.05) is 18.9 Å². The molecule has 0 radical (unpaired) electrons. The largest absolute Gasteiger partial charge is 0.361 e. The van der Waals surface area contributed by atoms with Crippen molar-refractivity contribution < 1.29 is 4.79 Å². The Bertz CT molecular complexity index is 153. The molecule has 0 aromatic rings. The van der Waals surface area contributed by atoms with Crippen LogP contribution < -0.4 is 5.32 Å². The molecule has 0 aromatic heterocycles. The van der Waals surface area contributed by atoms with E-state index in [0.29, 0.717) is 0 Å². The van der Waals surface area contributed by atoms with Crippen LogP contribution >= 0.6 is 0 Å². The Labute approximate surface area is 54.3 Å². The zero-order valence-corrected chi connectivity index (χ0v) is 5.59. The highest BCUT2D eigenvalue weighted by Gasteiger charge is 2.11. The van der Waals surface area contributed by atoms with E-state index in [0.717, 1.165) is 0 Å². The Hall–Kier alpha value is -0.990. The summed E-state index contributed by atoms with van der Waals surface area (Å²) in [5, 5.41) is 2.73. The fraction of sp³-hybridized carbons (Fsp3) is 0.500. The third-order valence-electron chi connectivity index (χ3n) is 1.42. The van der Waals surface area contributed by atoms with Gasteiger partial charge in [0.2, 0.25) is 5.91 Å². The summed E-state index contributed by atoms with van der Waals surface area (Å²) in [6.07, 6.45) is 3.41. The Kier molecular flexibility index (Phi) is 1.42. The molecule has 0 unspecified atom stereocenters. The van der Waals surface area contributed by atoms with Gasteiger partial charge in [-0.15, -0.1) is 0 Å². The molecule has 1 aliphatic heterocycles. The van der Waals surface area contributed by atoms with Gasteiger partial charge in [0.25, 0.3) is 0 Å². The van der Waals surface area contributed by atoms with Crippen molar-refractivity contribution in [3.63, 3.8) is 0 Å². The average molecular weight is 126 g/mol. The Balaban J connectivity index is 2.65. The summed E-state index contributed by atoms with van der Waals surface area (Å²) in [6.45, 7) is 1.93. The van der Waals surface area contributed by atoms with Crippen LogP contribution in [0.15, 0.2) is 12.3 Å². The summed E-state index contributed by atoms with van der Waals surface area (Å²) in [5.74, 6) is -0.0133. The fourth-order valence-electron chi connectivity index (χ4n) is 0.670. The van der Waals surface area contributed by atoms with Crippen LogP contribution in [0.5, 0.6) is 0 Å². The molecule has 3 heteroatoms.